The Kier molecular flexibility index (Phi) is 10.4. The molecule has 1 aliphatic heterocycles. The van der Waals surface area contributed by atoms with Crippen LogP contribution in [0.25, 0.3) is 0 Å². The van der Waals surface area contributed by atoms with E-state index in [0.29, 0.717) is 12.4 Å². The van der Waals surface area contributed by atoms with Gasteiger partial charge in [0, 0.05) is 31.4 Å². The van der Waals surface area contributed by atoms with Crippen molar-refractivity contribution in [1.29, 1.82) is 0 Å². The number of halogens is 2. The molecular formula is C24H33ClFN5O. The molecule has 2 fully saturated rings. The first kappa shape index (κ1) is 25.6. The van der Waals surface area contributed by atoms with Crippen molar-refractivity contribution in [3.63, 3.8) is 0 Å². The Hall–Kier alpha value is -2.67. The highest BCUT2D eigenvalue weighted by Gasteiger charge is 2.46. The number of nitrogens with one attached hydrogen (secondary N) is 1. The van der Waals surface area contributed by atoms with Crippen LogP contribution >= 0.6 is 11.6 Å². The van der Waals surface area contributed by atoms with Crippen molar-refractivity contribution < 1.29 is 9.18 Å². The monoisotopic (exact) mass is 461 g/mol. The van der Waals surface area contributed by atoms with Crippen molar-refractivity contribution in [3.05, 3.63) is 65.0 Å². The number of unbranched alkanes of at least 4 members (excludes halogenated alkanes) is 1. The van der Waals surface area contributed by atoms with Crippen molar-refractivity contribution in [2.45, 2.75) is 40.0 Å². The quantitative estimate of drug-likeness (QED) is 0.337. The van der Waals surface area contributed by atoms with Crippen molar-refractivity contribution >= 4 is 23.3 Å². The number of carbonyl (C=O) groups is 1. The molecular weight excluding hydrogens is 429 g/mol. The van der Waals surface area contributed by atoms with E-state index in [1.165, 1.54) is 12.5 Å². The van der Waals surface area contributed by atoms with E-state index in [-0.39, 0.29) is 17.0 Å². The maximum absolute atomic E-state index is 13.3. The van der Waals surface area contributed by atoms with Gasteiger partial charge in [0.15, 0.2) is 11.6 Å². The van der Waals surface area contributed by atoms with Gasteiger partial charge in [-0.2, -0.15) is 4.98 Å². The second-order valence-corrected chi connectivity index (χ2v) is 8.31. The van der Waals surface area contributed by atoms with Gasteiger partial charge in [-0.1, -0.05) is 31.6 Å². The second kappa shape index (κ2) is 13.0. The number of likely N-dealkylation sites (N-methyl/N-ethyl adjacent to an activating group) is 1. The number of fused-ring (bicyclic) bond motifs is 1. The number of allylic oxidation sites excluding steroid dienone is 7. The number of nitrogens with zero attached hydrogens (tertiary/aromatic N) is 3. The maximum Gasteiger partial charge on any atom is 0.243 e. The third-order valence-electron chi connectivity index (χ3n) is 5.06. The average molecular weight is 462 g/mol. The summed E-state index contributed by atoms with van der Waals surface area (Å²) in [7, 11) is 0. The molecule has 2 unspecified atom stereocenters. The smallest absolute Gasteiger partial charge is 0.243 e. The zero-order valence-corrected chi connectivity index (χ0v) is 19.8. The van der Waals surface area contributed by atoms with Gasteiger partial charge in [-0.05, 0) is 67.9 Å². The molecule has 174 valence electrons. The lowest BCUT2D eigenvalue weighted by atomic mass is 10.1. The van der Waals surface area contributed by atoms with Crippen LogP contribution in [0.5, 0.6) is 0 Å². The minimum atomic E-state index is -0.379. The van der Waals surface area contributed by atoms with Gasteiger partial charge in [0.25, 0.3) is 0 Å². The fraction of sp³-hybridized carbons (Fsp3) is 0.458. The Morgan fingerprint density at radius 3 is 2.62 bits per heavy atom. The van der Waals surface area contributed by atoms with Gasteiger partial charge in [-0.15, -0.1) is 0 Å². The predicted octanol–water partition coefficient (Wildman–Crippen LogP) is 4.55. The Labute approximate surface area is 195 Å². The molecule has 8 heteroatoms. The minimum absolute atomic E-state index is 0.0826. The summed E-state index contributed by atoms with van der Waals surface area (Å²) in [5.41, 5.74) is 7.28. The lowest BCUT2D eigenvalue weighted by molar-refractivity contribution is -0.116. The van der Waals surface area contributed by atoms with Crippen LogP contribution in [0.3, 0.4) is 0 Å². The third-order valence-corrected chi connectivity index (χ3v) is 5.24. The number of anilines is 1. The summed E-state index contributed by atoms with van der Waals surface area (Å²) in [4.78, 5) is 20.8. The van der Waals surface area contributed by atoms with Crippen molar-refractivity contribution in [2.24, 2.45) is 17.6 Å². The molecule has 2 aliphatic rings. The van der Waals surface area contributed by atoms with Crippen LogP contribution in [0.1, 0.15) is 40.0 Å². The third kappa shape index (κ3) is 8.83. The Morgan fingerprint density at radius 2 is 2.00 bits per heavy atom. The Bertz CT molecular complexity index is 882. The fourth-order valence-electron chi connectivity index (χ4n) is 3.32. The number of carbonyl (C=O) groups excluding carboxylic acids is 1. The summed E-state index contributed by atoms with van der Waals surface area (Å²) in [6.45, 7) is 8.31. The summed E-state index contributed by atoms with van der Waals surface area (Å²) < 4.78 is 13.3. The molecule has 1 aromatic rings. The first-order valence-electron chi connectivity index (χ1n) is 11.0. The van der Waals surface area contributed by atoms with Crippen LogP contribution in [0.15, 0.2) is 53.9 Å². The topological polar surface area (TPSA) is 84.1 Å². The molecule has 1 saturated carbocycles. The van der Waals surface area contributed by atoms with E-state index in [1.54, 1.807) is 6.08 Å². The molecule has 0 bridgehead atoms. The molecule has 1 aliphatic carbocycles. The summed E-state index contributed by atoms with van der Waals surface area (Å²) in [5.74, 6) is 1.40. The van der Waals surface area contributed by atoms with E-state index in [9.17, 15) is 9.18 Å². The fourth-order valence-corrected chi connectivity index (χ4v) is 3.44. The molecule has 1 amide bonds. The van der Waals surface area contributed by atoms with Crippen molar-refractivity contribution in [1.82, 2.24) is 15.3 Å². The molecule has 3 N–H and O–H groups in total. The zero-order chi connectivity index (χ0) is 23.5. The standard InChI is InChI=1S/C15H24N2O.C9H9ClFN3/c1-4-6-7-8-14(10-9-13(3)16)11-12-15(18)17-5-2;10-9-12-2-7(11)8(13-9)14-3-5-1-6(5)4-14/h7-12H,4-6,16H2,1-3H3,(H,17,18);2,5-6H,1,3-4H2/b8-7+,12-11+,13-9+,14-10+;. The molecule has 32 heavy (non-hydrogen) atoms. The molecule has 0 aromatic carbocycles. The molecule has 1 saturated heterocycles. The number of nitrogens with two attached hydrogens (primary N) is 1. The number of hydrogen-bond donors (Lipinski definition) is 2. The first-order valence-corrected chi connectivity index (χ1v) is 11.4. The van der Waals surface area contributed by atoms with E-state index in [4.69, 9.17) is 17.3 Å². The van der Waals surface area contributed by atoms with Gasteiger partial charge in [0.2, 0.25) is 11.2 Å². The Morgan fingerprint density at radius 1 is 1.28 bits per heavy atom. The van der Waals surface area contributed by atoms with Crippen LogP contribution in [0.4, 0.5) is 10.2 Å². The second-order valence-electron chi connectivity index (χ2n) is 7.97. The maximum atomic E-state index is 13.3. The SMILES string of the molecule is CCC/C=C/C(/C=C/C(=O)NCC)=C\C=C(/C)N.Fc1cnc(Cl)nc1N1CC2CC2C1. The normalized spacial score (nSPS) is 20.3. The number of rotatable bonds is 8. The zero-order valence-electron chi connectivity index (χ0n) is 19.0. The molecule has 2 atom stereocenters. The summed E-state index contributed by atoms with van der Waals surface area (Å²) in [6.07, 6.45) is 15.7. The summed E-state index contributed by atoms with van der Waals surface area (Å²) in [6, 6.07) is 0. The van der Waals surface area contributed by atoms with E-state index in [1.807, 2.05) is 37.0 Å². The van der Waals surface area contributed by atoms with E-state index < -0.39 is 0 Å². The number of aromatic nitrogens is 2. The van der Waals surface area contributed by atoms with Crippen LogP contribution in [-0.2, 0) is 4.79 Å². The molecule has 3 rings (SSSR count). The number of amides is 1. The van der Waals surface area contributed by atoms with E-state index in [2.05, 4.69) is 28.3 Å². The van der Waals surface area contributed by atoms with E-state index >= 15 is 0 Å². The van der Waals surface area contributed by atoms with Gasteiger partial charge in [-0.25, -0.2) is 9.37 Å². The molecule has 2 heterocycles. The van der Waals surface area contributed by atoms with E-state index in [0.717, 1.165) is 55.2 Å². The summed E-state index contributed by atoms with van der Waals surface area (Å²) in [5, 5.41) is 2.83. The van der Waals surface area contributed by atoms with Crippen LogP contribution in [0.2, 0.25) is 5.28 Å². The molecule has 1 aromatic heterocycles. The highest BCUT2D eigenvalue weighted by molar-refractivity contribution is 6.28. The van der Waals surface area contributed by atoms with Gasteiger partial charge < -0.3 is 16.0 Å². The van der Waals surface area contributed by atoms with Crippen LogP contribution in [-0.4, -0.2) is 35.5 Å². The van der Waals surface area contributed by atoms with Crippen LogP contribution < -0.4 is 16.0 Å². The molecule has 0 radical (unpaired) electrons. The highest BCUT2D eigenvalue weighted by Crippen LogP contribution is 2.46. The van der Waals surface area contributed by atoms with Gasteiger partial charge in [0.05, 0.1) is 6.20 Å². The molecule has 0 spiro atoms. The van der Waals surface area contributed by atoms with Gasteiger partial charge in [-0.3, -0.25) is 4.79 Å². The van der Waals surface area contributed by atoms with Gasteiger partial charge >= 0.3 is 0 Å². The van der Waals surface area contributed by atoms with Crippen molar-refractivity contribution in [2.75, 3.05) is 24.5 Å². The molecule has 6 nitrogen and oxygen atoms in total. The average Bonchev–Trinajstić information content (AvgIpc) is 3.37. The summed E-state index contributed by atoms with van der Waals surface area (Å²) >= 11 is 5.63. The number of hydrogen-bond acceptors (Lipinski definition) is 5. The van der Waals surface area contributed by atoms with Gasteiger partial charge in [0.1, 0.15) is 0 Å². The lowest BCUT2D eigenvalue weighted by Crippen LogP contribution is -2.24. The largest absolute Gasteiger partial charge is 0.402 e. The highest BCUT2D eigenvalue weighted by atomic mass is 35.5. The first-order chi connectivity index (χ1) is 15.3. The van der Waals surface area contributed by atoms with Crippen LogP contribution in [0, 0.1) is 17.7 Å². The lowest BCUT2D eigenvalue weighted by Gasteiger charge is -2.18. The Balaban J connectivity index is 0.000000231. The minimum Gasteiger partial charge on any atom is -0.402 e. The van der Waals surface area contributed by atoms with Crippen molar-refractivity contribution in [3.8, 4) is 0 Å². The predicted molar refractivity (Wildman–Crippen MR) is 129 cm³/mol. The number of piperidine rings is 1.